The molecule has 178 valence electrons. The van der Waals surface area contributed by atoms with Crippen molar-refractivity contribution in [1.29, 1.82) is 0 Å². The van der Waals surface area contributed by atoms with Crippen LogP contribution in [0.3, 0.4) is 0 Å². The number of sulfonamides is 1. The highest BCUT2D eigenvalue weighted by Crippen LogP contribution is 2.26. The molecule has 0 aliphatic carbocycles. The third kappa shape index (κ3) is 6.24. The Labute approximate surface area is 206 Å². The van der Waals surface area contributed by atoms with Crippen molar-refractivity contribution in [2.45, 2.75) is 38.5 Å². The molecule has 0 saturated carbocycles. The summed E-state index contributed by atoms with van der Waals surface area (Å²) in [7, 11) is -4.02. The van der Waals surface area contributed by atoms with Gasteiger partial charge in [0, 0.05) is 5.02 Å². The van der Waals surface area contributed by atoms with Gasteiger partial charge in [0.1, 0.15) is 6.54 Å². The van der Waals surface area contributed by atoms with Crippen molar-refractivity contribution in [1.82, 2.24) is 5.43 Å². The van der Waals surface area contributed by atoms with Gasteiger partial charge in [-0.05, 0) is 78.4 Å². The number of anilines is 1. The SMILES string of the molecule is Cc1ccc(N(CC(=O)N/N=C\c2ccc(C(C)C)cc2)S(=O)(=O)c2ccc(Cl)cc2)cc1C. The van der Waals surface area contributed by atoms with E-state index >= 15 is 0 Å². The number of aryl methyl sites for hydroxylation is 2. The predicted octanol–water partition coefficient (Wildman–Crippen LogP) is 5.43. The zero-order chi connectivity index (χ0) is 24.9. The van der Waals surface area contributed by atoms with E-state index in [0.29, 0.717) is 16.6 Å². The minimum atomic E-state index is -4.02. The molecule has 0 radical (unpaired) electrons. The van der Waals surface area contributed by atoms with Crippen LogP contribution >= 0.6 is 11.6 Å². The van der Waals surface area contributed by atoms with Crippen LogP contribution in [-0.4, -0.2) is 27.1 Å². The molecule has 0 fully saturated rings. The van der Waals surface area contributed by atoms with E-state index in [2.05, 4.69) is 24.4 Å². The van der Waals surface area contributed by atoms with Gasteiger partial charge < -0.3 is 0 Å². The first-order valence-corrected chi connectivity index (χ1v) is 12.7. The molecular formula is C26H28ClN3O3S. The van der Waals surface area contributed by atoms with E-state index < -0.39 is 22.5 Å². The summed E-state index contributed by atoms with van der Waals surface area (Å²) in [6, 6.07) is 18.9. The number of benzene rings is 3. The highest BCUT2D eigenvalue weighted by molar-refractivity contribution is 7.92. The van der Waals surface area contributed by atoms with Crippen LogP contribution in [0.2, 0.25) is 5.02 Å². The molecule has 0 aliphatic heterocycles. The summed E-state index contributed by atoms with van der Waals surface area (Å²) in [5.41, 5.74) is 6.78. The normalized spacial score (nSPS) is 11.7. The molecule has 8 heteroatoms. The van der Waals surface area contributed by atoms with E-state index in [1.807, 2.05) is 44.2 Å². The number of halogens is 1. The summed E-state index contributed by atoms with van der Waals surface area (Å²) in [5, 5.41) is 4.42. The van der Waals surface area contributed by atoms with Crippen LogP contribution in [0.15, 0.2) is 76.7 Å². The van der Waals surface area contributed by atoms with Crippen LogP contribution in [-0.2, 0) is 14.8 Å². The molecule has 1 N–H and O–H groups in total. The van der Waals surface area contributed by atoms with E-state index in [1.54, 1.807) is 12.1 Å². The van der Waals surface area contributed by atoms with Gasteiger partial charge in [0.05, 0.1) is 16.8 Å². The monoisotopic (exact) mass is 497 g/mol. The van der Waals surface area contributed by atoms with Crippen molar-refractivity contribution in [3.8, 4) is 0 Å². The lowest BCUT2D eigenvalue weighted by atomic mass is 10.0. The largest absolute Gasteiger partial charge is 0.271 e. The van der Waals surface area contributed by atoms with E-state index in [0.717, 1.165) is 21.0 Å². The van der Waals surface area contributed by atoms with Crippen molar-refractivity contribution in [3.05, 3.63) is 94.0 Å². The van der Waals surface area contributed by atoms with Crippen molar-refractivity contribution in [2.24, 2.45) is 5.10 Å². The molecule has 6 nitrogen and oxygen atoms in total. The average molecular weight is 498 g/mol. The highest BCUT2D eigenvalue weighted by atomic mass is 35.5. The fourth-order valence-corrected chi connectivity index (χ4v) is 4.78. The van der Waals surface area contributed by atoms with Gasteiger partial charge in [-0.3, -0.25) is 9.10 Å². The van der Waals surface area contributed by atoms with E-state index in [9.17, 15) is 13.2 Å². The van der Waals surface area contributed by atoms with Crippen LogP contribution in [0.1, 0.15) is 42.0 Å². The Morgan fingerprint density at radius 1 is 1.00 bits per heavy atom. The number of hydrogen-bond acceptors (Lipinski definition) is 4. The van der Waals surface area contributed by atoms with Crippen LogP contribution in [0.4, 0.5) is 5.69 Å². The lowest BCUT2D eigenvalue weighted by molar-refractivity contribution is -0.119. The predicted molar refractivity (Wildman–Crippen MR) is 138 cm³/mol. The Hall–Kier alpha value is -3.16. The van der Waals surface area contributed by atoms with Gasteiger partial charge in [0.2, 0.25) is 0 Å². The number of nitrogens with zero attached hydrogens (tertiary/aromatic N) is 2. The Balaban J connectivity index is 1.82. The van der Waals surface area contributed by atoms with Gasteiger partial charge in [0.15, 0.2) is 0 Å². The first-order valence-electron chi connectivity index (χ1n) is 10.9. The third-order valence-electron chi connectivity index (χ3n) is 5.47. The topological polar surface area (TPSA) is 78.8 Å². The fourth-order valence-electron chi connectivity index (χ4n) is 3.24. The fraction of sp³-hybridized carbons (Fsp3) is 0.231. The van der Waals surface area contributed by atoms with Gasteiger partial charge >= 0.3 is 0 Å². The molecule has 0 spiro atoms. The van der Waals surface area contributed by atoms with E-state index in [-0.39, 0.29) is 4.90 Å². The maximum atomic E-state index is 13.4. The van der Waals surface area contributed by atoms with Gasteiger partial charge in [-0.25, -0.2) is 13.8 Å². The maximum Gasteiger partial charge on any atom is 0.264 e. The molecular weight excluding hydrogens is 470 g/mol. The molecule has 3 aromatic rings. The first-order chi connectivity index (χ1) is 16.1. The molecule has 0 atom stereocenters. The second-order valence-corrected chi connectivity index (χ2v) is 10.6. The summed E-state index contributed by atoms with van der Waals surface area (Å²) in [4.78, 5) is 12.7. The van der Waals surface area contributed by atoms with Crippen LogP contribution in [0.25, 0.3) is 0 Å². The second-order valence-electron chi connectivity index (χ2n) is 8.35. The number of carbonyl (C=O) groups is 1. The molecule has 0 unspecified atom stereocenters. The molecule has 0 aromatic heterocycles. The molecule has 3 rings (SSSR count). The van der Waals surface area contributed by atoms with Crippen molar-refractivity contribution < 1.29 is 13.2 Å². The summed E-state index contributed by atoms with van der Waals surface area (Å²) in [6.07, 6.45) is 1.52. The summed E-state index contributed by atoms with van der Waals surface area (Å²) < 4.78 is 27.9. The van der Waals surface area contributed by atoms with Crippen molar-refractivity contribution in [3.63, 3.8) is 0 Å². The van der Waals surface area contributed by atoms with Crippen molar-refractivity contribution >= 4 is 39.4 Å². The van der Waals surface area contributed by atoms with Crippen LogP contribution in [0, 0.1) is 13.8 Å². The van der Waals surface area contributed by atoms with E-state index in [4.69, 9.17) is 11.6 Å². The third-order valence-corrected chi connectivity index (χ3v) is 7.51. The molecule has 0 bridgehead atoms. The number of amides is 1. The lowest BCUT2D eigenvalue weighted by Gasteiger charge is -2.24. The van der Waals surface area contributed by atoms with E-state index in [1.165, 1.54) is 36.0 Å². The highest BCUT2D eigenvalue weighted by Gasteiger charge is 2.27. The smallest absolute Gasteiger partial charge is 0.264 e. The van der Waals surface area contributed by atoms with Gasteiger partial charge in [0.25, 0.3) is 15.9 Å². The Bertz CT molecular complexity index is 1290. The minimum Gasteiger partial charge on any atom is -0.271 e. The average Bonchev–Trinajstić information content (AvgIpc) is 2.80. The summed E-state index contributed by atoms with van der Waals surface area (Å²) in [5.74, 6) is -0.143. The standard InChI is InChI=1S/C26H28ClN3O3S/c1-18(2)22-8-6-21(7-9-22)16-28-29-26(31)17-30(24-12-5-19(3)20(4)15-24)34(32,33)25-13-10-23(27)11-14-25/h5-16,18H,17H2,1-4H3,(H,29,31)/b28-16-. The number of hydrogen-bond donors (Lipinski definition) is 1. The minimum absolute atomic E-state index is 0.0386. The van der Waals surface area contributed by atoms with Gasteiger partial charge in [-0.2, -0.15) is 5.10 Å². The lowest BCUT2D eigenvalue weighted by Crippen LogP contribution is -2.39. The maximum absolute atomic E-state index is 13.4. The Morgan fingerprint density at radius 2 is 1.65 bits per heavy atom. The zero-order valence-electron chi connectivity index (χ0n) is 19.6. The molecule has 0 heterocycles. The van der Waals surface area contributed by atoms with Crippen LogP contribution in [0.5, 0.6) is 0 Å². The number of hydrazone groups is 1. The number of rotatable bonds is 8. The second kappa shape index (κ2) is 10.8. The molecule has 1 amide bonds. The molecule has 0 saturated heterocycles. The van der Waals surface area contributed by atoms with Gasteiger partial charge in [-0.1, -0.05) is 55.8 Å². The molecule has 0 aliphatic rings. The summed E-state index contributed by atoms with van der Waals surface area (Å²) >= 11 is 5.92. The molecule has 34 heavy (non-hydrogen) atoms. The van der Waals surface area contributed by atoms with Gasteiger partial charge in [-0.15, -0.1) is 0 Å². The zero-order valence-corrected chi connectivity index (χ0v) is 21.2. The van der Waals surface area contributed by atoms with Crippen molar-refractivity contribution in [2.75, 3.05) is 10.8 Å². The number of carbonyl (C=O) groups excluding carboxylic acids is 1. The Kier molecular flexibility index (Phi) is 8.12. The summed E-state index contributed by atoms with van der Waals surface area (Å²) in [6.45, 7) is 7.62. The van der Waals surface area contributed by atoms with Crippen LogP contribution < -0.4 is 9.73 Å². The first kappa shape index (κ1) is 25.5. The quantitative estimate of drug-likeness (QED) is 0.333. The Morgan fingerprint density at radius 3 is 2.24 bits per heavy atom. The molecule has 3 aromatic carbocycles. The number of nitrogens with one attached hydrogen (secondary N) is 1.